The van der Waals surface area contributed by atoms with E-state index in [1.54, 1.807) is 0 Å². The minimum Gasteiger partial charge on any atom is -0.394 e. The second-order valence-electron chi connectivity index (χ2n) is 8.03. The van der Waals surface area contributed by atoms with Crippen LogP contribution in [0.25, 0.3) is 33.3 Å². The Kier molecular flexibility index (Phi) is 5.81. The van der Waals surface area contributed by atoms with Crippen molar-refractivity contribution >= 4 is 16.7 Å². The van der Waals surface area contributed by atoms with Crippen molar-refractivity contribution in [1.82, 2.24) is 4.98 Å². The lowest BCUT2D eigenvalue weighted by molar-refractivity contribution is -0.362. The second kappa shape index (κ2) is 9.04. The lowest BCUT2D eigenvalue weighted by Gasteiger charge is -2.28. The number of aliphatic hydroxyl groups excluding tert-OH is 1. The van der Waals surface area contributed by atoms with Gasteiger partial charge in [0, 0.05) is 23.7 Å². The molecule has 0 amide bonds. The summed E-state index contributed by atoms with van der Waals surface area (Å²) in [6.45, 7) is 2.51. The molecule has 1 aliphatic heterocycles. The van der Waals surface area contributed by atoms with Gasteiger partial charge in [-0.3, -0.25) is 4.90 Å². The van der Waals surface area contributed by atoms with E-state index in [1.807, 2.05) is 30.5 Å². The fraction of sp³-hybridized carbons (Fsp3) is 0.231. The van der Waals surface area contributed by atoms with E-state index in [-0.39, 0.29) is 12.7 Å². The molecule has 5 rings (SSSR count). The summed E-state index contributed by atoms with van der Waals surface area (Å²) in [6.07, 6.45) is 1.74. The summed E-state index contributed by atoms with van der Waals surface area (Å²) in [5.74, 6) is 0.999. The quantitative estimate of drug-likeness (QED) is 0.511. The van der Waals surface area contributed by atoms with Gasteiger partial charge in [-0.05, 0) is 17.2 Å². The summed E-state index contributed by atoms with van der Waals surface area (Å²) >= 11 is 0. The maximum Gasteiger partial charge on any atom is 0.284 e. The number of ether oxygens (including phenoxy) is 1. The molecule has 1 saturated heterocycles. The van der Waals surface area contributed by atoms with Crippen molar-refractivity contribution in [2.45, 2.75) is 12.6 Å². The largest absolute Gasteiger partial charge is 0.394 e. The molecule has 162 valence electrons. The Morgan fingerprint density at radius 3 is 2.62 bits per heavy atom. The Morgan fingerprint density at radius 2 is 1.88 bits per heavy atom. The van der Waals surface area contributed by atoms with E-state index in [1.165, 1.54) is 0 Å². The molecule has 1 fully saturated rings. The Morgan fingerprint density at radius 1 is 1.06 bits per heavy atom. The molecule has 6 nitrogen and oxygen atoms in total. The van der Waals surface area contributed by atoms with Crippen molar-refractivity contribution in [3.05, 3.63) is 78.5 Å². The number of fused-ring (bicyclic) bond motifs is 1. The number of benzene rings is 2. The summed E-state index contributed by atoms with van der Waals surface area (Å²) in [6, 6.07) is 22.9. The number of H-pyrrole nitrogens is 1. The van der Waals surface area contributed by atoms with Crippen LogP contribution in [0.5, 0.6) is 0 Å². The first kappa shape index (κ1) is 20.6. The standard InChI is InChI=1S/C26H26N4O2/c27-15-18-6-8-20(9-7-18)25-22(19-4-2-1-3-5-19)14-23-24(29-25)10-11-28-26(23)30-12-13-32-21(16-30)17-31/h1-11,14,21,31H,12-13,15-17,27H2/p+1. The van der Waals surface area contributed by atoms with Gasteiger partial charge in [0.1, 0.15) is 19.2 Å². The van der Waals surface area contributed by atoms with Crippen molar-refractivity contribution in [2.75, 3.05) is 31.2 Å². The van der Waals surface area contributed by atoms with Crippen molar-refractivity contribution in [3.8, 4) is 22.4 Å². The molecule has 1 aliphatic rings. The number of aliphatic hydroxyl groups is 1. The van der Waals surface area contributed by atoms with E-state index in [4.69, 9.17) is 15.5 Å². The van der Waals surface area contributed by atoms with E-state index in [9.17, 15) is 5.11 Å². The normalized spacial score (nSPS) is 16.4. The van der Waals surface area contributed by atoms with Gasteiger partial charge in [-0.25, -0.2) is 9.97 Å². The molecule has 0 bridgehead atoms. The van der Waals surface area contributed by atoms with Gasteiger partial charge in [0.15, 0.2) is 0 Å². The number of anilines is 1. The molecule has 1 atom stereocenters. The Balaban J connectivity index is 1.69. The number of nitrogens with two attached hydrogens (primary N) is 1. The lowest BCUT2D eigenvalue weighted by Crippen LogP contribution is -2.46. The lowest BCUT2D eigenvalue weighted by atomic mass is 9.97. The minimum absolute atomic E-state index is 0.0116. The number of hydrogen-bond donors (Lipinski definition) is 2. The van der Waals surface area contributed by atoms with E-state index in [2.05, 4.69) is 52.3 Å². The minimum atomic E-state index is -0.186. The van der Waals surface area contributed by atoms with Gasteiger partial charge in [-0.2, -0.15) is 0 Å². The first-order valence-electron chi connectivity index (χ1n) is 10.9. The second-order valence-corrected chi connectivity index (χ2v) is 8.03. The molecule has 3 heterocycles. The van der Waals surface area contributed by atoms with Gasteiger partial charge in [0.2, 0.25) is 0 Å². The summed E-state index contributed by atoms with van der Waals surface area (Å²) in [5.41, 5.74) is 12.0. The van der Waals surface area contributed by atoms with Gasteiger partial charge in [-0.15, -0.1) is 0 Å². The third kappa shape index (κ3) is 3.96. The SMILES string of the molecule is NCc1ccc(-c2nc3cc[nH+]c(N4CCOC(CO)C4)c3cc2-c2ccccc2)cc1. The Hall–Kier alpha value is -3.32. The van der Waals surface area contributed by atoms with Crippen LogP contribution >= 0.6 is 0 Å². The first-order valence-corrected chi connectivity index (χ1v) is 10.9. The maximum absolute atomic E-state index is 9.58. The van der Waals surface area contributed by atoms with Crippen LogP contribution in [0.3, 0.4) is 0 Å². The van der Waals surface area contributed by atoms with E-state index in [0.717, 1.165) is 51.2 Å². The third-order valence-electron chi connectivity index (χ3n) is 5.97. The molecule has 6 heteroatoms. The number of nitrogens with zero attached hydrogens (tertiary/aromatic N) is 2. The molecule has 0 radical (unpaired) electrons. The fourth-order valence-electron chi connectivity index (χ4n) is 4.27. The molecule has 0 spiro atoms. The average Bonchev–Trinajstić information content (AvgIpc) is 2.88. The van der Waals surface area contributed by atoms with E-state index < -0.39 is 0 Å². The van der Waals surface area contributed by atoms with Gasteiger partial charge in [-0.1, -0.05) is 54.6 Å². The van der Waals surface area contributed by atoms with Crippen molar-refractivity contribution in [2.24, 2.45) is 5.73 Å². The summed E-state index contributed by atoms with van der Waals surface area (Å²) in [4.78, 5) is 10.8. The molecular formula is C26H27N4O2+. The van der Waals surface area contributed by atoms with Crippen LogP contribution in [0.4, 0.5) is 5.82 Å². The van der Waals surface area contributed by atoms with Crippen LogP contribution in [-0.4, -0.2) is 42.5 Å². The van der Waals surface area contributed by atoms with Crippen LogP contribution in [0.2, 0.25) is 0 Å². The molecular weight excluding hydrogens is 400 g/mol. The summed E-state index contributed by atoms with van der Waals surface area (Å²) in [7, 11) is 0. The maximum atomic E-state index is 9.58. The van der Waals surface area contributed by atoms with E-state index >= 15 is 0 Å². The predicted molar refractivity (Wildman–Crippen MR) is 126 cm³/mol. The summed E-state index contributed by atoms with van der Waals surface area (Å²) < 4.78 is 5.65. The zero-order valence-corrected chi connectivity index (χ0v) is 17.9. The van der Waals surface area contributed by atoms with Gasteiger partial charge in [0.25, 0.3) is 5.82 Å². The molecule has 0 aliphatic carbocycles. The zero-order chi connectivity index (χ0) is 21.9. The smallest absolute Gasteiger partial charge is 0.284 e. The van der Waals surface area contributed by atoms with Gasteiger partial charge >= 0.3 is 0 Å². The molecule has 0 saturated carbocycles. The number of aromatic amines is 1. The third-order valence-corrected chi connectivity index (χ3v) is 5.97. The Bertz CT molecular complexity index is 1210. The van der Waals surface area contributed by atoms with Crippen LogP contribution in [-0.2, 0) is 11.3 Å². The average molecular weight is 428 g/mol. The van der Waals surface area contributed by atoms with Crippen LogP contribution in [0, 0.1) is 0 Å². The van der Waals surface area contributed by atoms with Crippen LogP contribution in [0.15, 0.2) is 72.9 Å². The topological polar surface area (TPSA) is 85.8 Å². The number of rotatable bonds is 5. The van der Waals surface area contributed by atoms with Crippen LogP contribution < -0.4 is 15.6 Å². The highest BCUT2D eigenvalue weighted by Gasteiger charge is 2.28. The van der Waals surface area contributed by atoms with E-state index in [0.29, 0.717) is 19.7 Å². The highest BCUT2D eigenvalue weighted by atomic mass is 16.5. The summed E-state index contributed by atoms with van der Waals surface area (Å²) in [5, 5.41) is 10.6. The number of hydrogen-bond acceptors (Lipinski definition) is 5. The highest BCUT2D eigenvalue weighted by molar-refractivity contribution is 5.96. The Labute approximate surface area is 187 Å². The van der Waals surface area contributed by atoms with Crippen molar-refractivity contribution < 1.29 is 14.8 Å². The van der Waals surface area contributed by atoms with Gasteiger partial charge in [0.05, 0.1) is 36.0 Å². The predicted octanol–water partition coefficient (Wildman–Crippen LogP) is 3.04. The van der Waals surface area contributed by atoms with Gasteiger partial charge < -0.3 is 15.6 Å². The molecule has 4 N–H and O–H groups in total. The highest BCUT2D eigenvalue weighted by Crippen LogP contribution is 2.35. The molecule has 32 heavy (non-hydrogen) atoms. The number of nitrogens with one attached hydrogen (secondary N) is 1. The monoisotopic (exact) mass is 427 g/mol. The number of pyridine rings is 2. The first-order chi connectivity index (χ1) is 15.8. The number of morpholine rings is 1. The molecule has 2 aromatic carbocycles. The van der Waals surface area contributed by atoms with Crippen LogP contribution in [0.1, 0.15) is 5.56 Å². The molecule has 4 aromatic rings. The molecule has 1 unspecified atom stereocenters. The number of aromatic nitrogens is 2. The zero-order valence-electron chi connectivity index (χ0n) is 17.9. The molecule has 2 aromatic heterocycles. The fourth-order valence-corrected chi connectivity index (χ4v) is 4.27. The van der Waals surface area contributed by atoms with Crippen molar-refractivity contribution in [1.29, 1.82) is 0 Å². The van der Waals surface area contributed by atoms with Crippen molar-refractivity contribution in [3.63, 3.8) is 0 Å².